The second kappa shape index (κ2) is 8.66. The van der Waals surface area contributed by atoms with Crippen LogP contribution < -0.4 is 5.32 Å². The van der Waals surface area contributed by atoms with Gasteiger partial charge in [-0.25, -0.2) is 9.97 Å². The molecule has 4 nitrogen and oxygen atoms in total. The zero-order valence-corrected chi connectivity index (χ0v) is 16.8. The molecule has 3 rings (SSSR count). The first-order valence-electron chi connectivity index (χ1n) is 8.04. The number of halogens is 1. The van der Waals surface area contributed by atoms with Crippen LogP contribution in [-0.4, -0.2) is 15.9 Å². The number of thioether (sulfide) groups is 1. The number of nitrogens with zero attached hydrogens (tertiary/aromatic N) is 2. The maximum absolute atomic E-state index is 12.1. The first-order valence-corrected chi connectivity index (χ1v) is 10.3. The third-order valence-electron chi connectivity index (χ3n) is 3.74. The van der Waals surface area contributed by atoms with Gasteiger partial charge in [-0.3, -0.25) is 4.79 Å². The van der Waals surface area contributed by atoms with Gasteiger partial charge in [0.1, 0.15) is 9.49 Å². The fourth-order valence-electron chi connectivity index (χ4n) is 2.35. The summed E-state index contributed by atoms with van der Waals surface area (Å²) in [5, 5.41) is 5.13. The highest BCUT2D eigenvalue weighted by Gasteiger charge is 2.10. The Bertz CT molecular complexity index is 909. The summed E-state index contributed by atoms with van der Waals surface area (Å²) < 4.78 is 0.974. The Morgan fingerprint density at radius 3 is 2.88 bits per heavy atom. The molecule has 0 bridgehead atoms. The quantitative estimate of drug-likeness (QED) is 0.449. The van der Waals surface area contributed by atoms with Gasteiger partial charge in [0, 0.05) is 11.1 Å². The molecule has 0 fully saturated rings. The van der Waals surface area contributed by atoms with E-state index in [4.69, 9.17) is 11.6 Å². The minimum Gasteiger partial charge on any atom is -0.324 e. The summed E-state index contributed by atoms with van der Waals surface area (Å²) in [6, 6.07) is 9.85. The summed E-state index contributed by atoms with van der Waals surface area (Å²) in [7, 11) is 0. The molecule has 0 atom stereocenters. The molecule has 134 valence electrons. The molecule has 0 spiro atoms. The lowest BCUT2D eigenvalue weighted by molar-refractivity contribution is -0.115. The van der Waals surface area contributed by atoms with E-state index >= 15 is 0 Å². The van der Waals surface area contributed by atoms with E-state index in [1.807, 2.05) is 5.38 Å². The van der Waals surface area contributed by atoms with Crippen molar-refractivity contribution in [3.63, 3.8) is 0 Å². The van der Waals surface area contributed by atoms with Crippen LogP contribution in [0.25, 0.3) is 0 Å². The first-order chi connectivity index (χ1) is 12.5. The van der Waals surface area contributed by atoms with Crippen molar-refractivity contribution in [2.45, 2.75) is 30.4 Å². The third-order valence-corrected chi connectivity index (χ3v) is 6.08. The number of carbonyl (C=O) groups is 1. The van der Waals surface area contributed by atoms with Crippen LogP contribution in [0, 0.1) is 13.8 Å². The molecule has 1 N–H and O–H groups in total. The number of hydrogen-bond acceptors (Lipinski definition) is 5. The Labute approximate surface area is 166 Å². The molecule has 0 saturated carbocycles. The van der Waals surface area contributed by atoms with Crippen LogP contribution in [0.4, 0.5) is 5.69 Å². The van der Waals surface area contributed by atoms with Crippen molar-refractivity contribution in [3.05, 3.63) is 69.4 Å². The van der Waals surface area contributed by atoms with Crippen LogP contribution in [-0.2, 0) is 17.0 Å². The van der Waals surface area contributed by atoms with E-state index in [9.17, 15) is 4.79 Å². The molecule has 1 aromatic carbocycles. The lowest BCUT2D eigenvalue weighted by Crippen LogP contribution is -2.14. The van der Waals surface area contributed by atoms with Gasteiger partial charge >= 0.3 is 0 Å². The summed E-state index contributed by atoms with van der Waals surface area (Å²) in [6.07, 6.45) is 1.77. The smallest absolute Gasteiger partial charge is 0.230 e. The zero-order chi connectivity index (χ0) is 18.5. The Balaban J connectivity index is 1.55. The van der Waals surface area contributed by atoms with E-state index < -0.39 is 0 Å². The van der Waals surface area contributed by atoms with E-state index in [0.29, 0.717) is 10.8 Å². The highest BCUT2D eigenvalue weighted by Crippen LogP contribution is 2.28. The van der Waals surface area contributed by atoms with Gasteiger partial charge in [-0.15, -0.1) is 11.3 Å². The number of hydrogen-bond donors (Lipinski definition) is 1. The van der Waals surface area contributed by atoms with Gasteiger partial charge < -0.3 is 5.32 Å². The summed E-state index contributed by atoms with van der Waals surface area (Å²) >= 11 is 9.01. The van der Waals surface area contributed by atoms with Gasteiger partial charge in [-0.1, -0.05) is 47.1 Å². The minimum absolute atomic E-state index is 0.120. The van der Waals surface area contributed by atoms with Crippen LogP contribution in [0.15, 0.2) is 46.2 Å². The van der Waals surface area contributed by atoms with Gasteiger partial charge in [0.25, 0.3) is 0 Å². The molecule has 0 unspecified atom stereocenters. The maximum atomic E-state index is 12.1. The molecule has 0 radical (unpaired) electrons. The number of rotatable bonds is 6. The van der Waals surface area contributed by atoms with E-state index in [1.165, 1.54) is 22.9 Å². The van der Waals surface area contributed by atoms with Crippen LogP contribution >= 0.6 is 34.7 Å². The normalized spacial score (nSPS) is 10.7. The minimum atomic E-state index is -0.120. The summed E-state index contributed by atoms with van der Waals surface area (Å²) in [4.78, 5) is 20.6. The molecule has 2 aromatic heterocycles. The molecule has 0 aliphatic heterocycles. The number of thiazole rings is 1. The highest BCUT2D eigenvalue weighted by atomic mass is 35.5. The van der Waals surface area contributed by atoms with Gasteiger partial charge in [-0.2, -0.15) is 0 Å². The molecule has 1 amide bonds. The Hall–Kier alpha value is -1.89. The molecular formula is C19H18ClN3OS2. The molecule has 0 aliphatic carbocycles. The van der Waals surface area contributed by atoms with Crippen LogP contribution in [0.3, 0.4) is 0 Å². The number of pyridine rings is 1. The summed E-state index contributed by atoms with van der Waals surface area (Å²) in [5.74, 6) is 0.758. The van der Waals surface area contributed by atoms with Crippen LogP contribution in [0.5, 0.6) is 0 Å². The first kappa shape index (κ1) is 18.9. The maximum Gasteiger partial charge on any atom is 0.230 e. The van der Waals surface area contributed by atoms with Crippen molar-refractivity contribution < 1.29 is 4.79 Å². The number of anilines is 1. The van der Waals surface area contributed by atoms with E-state index in [-0.39, 0.29) is 12.3 Å². The zero-order valence-electron chi connectivity index (χ0n) is 14.5. The Morgan fingerprint density at radius 1 is 1.27 bits per heavy atom. The number of benzene rings is 1. The van der Waals surface area contributed by atoms with Crippen molar-refractivity contribution in [2.75, 3.05) is 5.32 Å². The van der Waals surface area contributed by atoms with Crippen molar-refractivity contribution >= 4 is 46.3 Å². The molecule has 0 aliphatic rings. The van der Waals surface area contributed by atoms with E-state index in [0.717, 1.165) is 15.8 Å². The van der Waals surface area contributed by atoms with Crippen molar-refractivity contribution in [3.8, 4) is 0 Å². The lowest BCUT2D eigenvalue weighted by atomic mass is 10.1. The standard InChI is InChI=1S/C19H18ClN3OS2/c1-12-3-4-13(2)14(7-12)10-25-19-23-16(11-26-19)8-18(24)22-15-5-6-17(20)21-9-15/h3-7,9,11H,8,10H2,1-2H3,(H,22,24). The van der Waals surface area contributed by atoms with E-state index in [1.54, 1.807) is 35.2 Å². The fourth-order valence-corrected chi connectivity index (χ4v) is 4.37. The van der Waals surface area contributed by atoms with Crippen molar-refractivity contribution in [1.82, 2.24) is 9.97 Å². The second-order valence-electron chi connectivity index (χ2n) is 5.92. The average molecular weight is 404 g/mol. The number of carbonyl (C=O) groups excluding carboxylic acids is 1. The highest BCUT2D eigenvalue weighted by molar-refractivity contribution is 8.00. The second-order valence-corrected chi connectivity index (χ2v) is 8.39. The topological polar surface area (TPSA) is 54.9 Å². The molecule has 26 heavy (non-hydrogen) atoms. The molecule has 2 heterocycles. The number of aromatic nitrogens is 2. The number of aryl methyl sites for hydroxylation is 2. The SMILES string of the molecule is Cc1ccc(C)c(CSc2nc(CC(=O)Nc3ccc(Cl)nc3)cs2)c1. The average Bonchev–Trinajstić information content (AvgIpc) is 3.05. The Kier molecular flexibility index (Phi) is 6.29. The van der Waals surface area contributed by atoms with Crippen LogP contribution in [0.2, 0.25) is 5.15 Å². The summed E-state index contributed by atoms with van der Waals surface area (Å²) in [6.45, 7) is 4.22. The lowest BCUT2D eigenvalue weighted by Gasteiger charge is -2.05. The number of amides is 1. The largest absolute Gasteiger partial charge is 0.324 e. The predicted octanol–water partition coefficient (Wildman–Crippen LogP) is 5.28. The monoisotopic (exact) mass is 403 g/mol. The third kappa shape index (κ3) is 5.30. The molecule has 3 aromatic rings. The summed E-state index contributed by atoms with van der Waals surface area (Å²) in [5.41, 5.74) is 5.27. The van der Waals surface area contributed by atoms with Gasteiger partial charge in [0.15, 0.2) is 0 Å². The number of nitrogens with one attached hydrogen (secondary N) is 1. The Morgan fingerprint density at radius 2 is 2.12 bits per heavy atom. The molecule has 0 saturated heterocycles. The van der Waals surface area contributed by atoms with Crippen LogP contribution in [0.1, 0.15) is 22.4 Å². The van der Waals surface area contributed by atoms with Crippen molar-refractivity contribution in [1.29, 1.82) is 0 Å². The predicted molar refractivity (Wildman–Crippen MR) is 109 cm³/mol. The van der Waals surface area contributed by atoms with Gasteiger partial charge in [-0.05, 0) is 37.1 Å². The fraction of sp³-hybridized carbons (Fsp3) is 0.211. The molecular weight excluding hydrogens is 386 g/mol. The van der Waals surface area contributed by atoms with E-state index in [2.05, 4.69) is 47.3 Å². The van der Waals surface area contributed by atoms with Crippen molar-refractivity contribution in [2.24, 2.45) is 0 Å². The van der Waals surface area contributed by atoms with Gasteiger partial charge in [0.2, 0.25) is 5.91 Å². The molecule has 7 heteroatoms. The van der Waals surface area contributed by atoms with Gasteiger partial charge in [0.05, 0.1) is 24.0 Å².